The first kappa shape index (κ1) is 26.4. The average Bonchev–Trinajstić information content (AvgIpc) is 3.52. The molecule has 5 aromatic rings. The van der Waals surface area contributed by atoms with Gasteiger partial charge in [0.1, 0.15) is 18.1 Å². The SMILES string of the molecule is O=S(=O)(/C=C/c1cccc(C(F)(F)F)c1)Nc1cccc(OCc2cn(Cc3cc4ccccc4s3)nn2)c1. The van der Waals surface area contributed by atoms with E-state index in [1.54, 1.807) is 34.3 Å². The van der Waals surface area contributed by atoms with Gasteiger partial charge in [-0.3, -0.25) is 4.72 Å². The van der Waals surface area contributed by atoms with Crippen molar-refractivity contribution in [3.63, 3.8) is 0 Å². The van der Waals surface area contributed by atoms with Crippen LogP contribution in [0.15, 0.2) is 90.5 Å². The number of ether oxygens (including phenoxy) is 1. The number of nitrogens with zero attached hydrogens (tertiary/aromatic N) is 3. The summed E-state index contributed by atoms with van der Waals surface area (Å²) in [6.07, 6.45) is -1.63. The fourth-order valence-corrected chi connectivity index (χ4v) is 5.66. The van der Waals surface area contributed by atoms with Crippen LogP contribution in [0.1, 0.15) is 21.7 Å². The highest BCUT2D eigenvalue weighted by Crippen LogP contribution is 2.30. The highest BCUT2D eigenvalue weighted by Gasteiger charge is 2.30. The zero-order chi connectivity index (χ0) is 27.5. The molecule has 0 amide bonds. The summed E-state index contributed by atoms with van der Waals surface area (Å²) in [7, 11) is -3.99. The summed E-state index contributed by atoms with van der Waals surface area (Å²) in [5, 5.41) is 10.3. The molecule has 0 spiro atoms. The minimum Gasteiger partial charge on any atom is -0.487 e. The third-order valence-electron chi connectivity index (χ3n) is 5.51. The zero-order valence-corrected chi connectivity index (χ0v) is 21.8. The molecule has 7 nitrogen and oxygen atoms in total. The summed E-state index contributed by atoms with van der Waals surface area (Å²) in [5.41, 5.74) is 0.0772. The lowest BCUT2D eigenvalue weighted by molar-refractivity contribution is -0.137. The van der Waals surface area contributed by atoms with E-state index in [2.05, 4.69) is 33.2 Å². The minimum absolute atomic E-state index is 0.104. The predicted molar refractivity (Wildman–Crippen MR) is 145 cm³/mol. The second-order valence-corrected chi connectivity index (χ2v) is 11.3. The molecule has 0 atom stereocenters. The maximum absolute atomic E-state index is 12.9. The number of fused-ring (bicyclic) bond motifs is 1. The molecule has 2 aromatic heterocycles. The van der Waals surface area contributed by atoms with Crippen LogP contribution in [0, 0.1) is 0 Å². The first-order valence-corrected chi connectivity index (χ1v) is 14.0. The Hall–Kier alpha value is -4.16. The molecule has 0 saturated carbocycles. The van der Waals surface area contributed by atoms with Crippen molar-refractivity contribution in [3.05, 3.63) is 112 Å². The van der Waals surface area contributed by atoms with E-state index in [-0.39, 0.29) is 17.9 Å². The molecule has 0 radical (unpaired) electrons. The van der Waals surface area contributed by atoms with Gasteiger partial charge in [0.05, 0.1) is 29.4 Å². The molecule has 200 valence electrons. The van der Waals surface area contributed by atoms with E-state index >= 15 is 0 Å². The van der Waals surface area contributed by atoms with Gasteiger partial charge in [-0.25, -0.2) is 13.1 Å². The van der Waals surface area contributed by atoms with Gasteiger partial charge in [-0.2, -0.15) is 13.2 Å². The molecule has 5 rings (SSSR count). The van der Waals surface area contributed by atoms with Gasteiger partial charge in [0.25, 0.3) is 10.0 Å². The Labute approximate surface area is 226 Å². The van der Waals surface area contributed by atoms with E-state index in [1.165, 1.54) is 34.4 Å². The van der Waals surface area contributed by atoms with E-state index in [0.717, 1.165) is 28.5 Å². The highest BCUT2D eigenvalue weighted by atomic mass is 32.2. The van der Waals surface area contributed by atoms with Crippen molar-refractivity contribution in [1.82, 2.24) is 15.0 Å². The monoisotopic (exact) mass is 570 g/mol. The Bertz CT molecular complexity index is 1710. The minimum atomic E-state index is -4.52. The van der Waals surface area contributed by atoms with Crippen LogP contribution in [-0.4, -0.2) is 23.4 Å². The third kappa shape index (κ3) is 7.03. The van der Waals surface area contributed by atoms with E-state index in [9.17, 15) is 21.6 Å². The van der Waals surface area contributed by atoms with Crippen LogP contribution in [-0.2, 0) is 29.4 Å². The summed E-state index contributed by atoms with van der Waals surface area (Å²) in [6, 6.07) is 21.0. The lowest BCUT2D eigenvalue weighted by Gasteiger charge is -2.08. The van der Waals surface area contributed by atoms with Crippen LogP contribution in [0.2, 0.25) is 0 Å². The third-order valence-corrected chi connectivity index (χ3v) is 7.63. The zero-order valence-electron chi connectivity index (χ0n) is 20.2. The Balaban J connectivity index is 1.18. The molecular formula is C27H21F3N4O3S2. The van der Waals surface area contributed by atoms with Gasteiger partial charge in [0.15, 0.2) is 0 Å². The maximum atomic E-state index is 12.9. The molecule has 0 aliphatic rings. The molecule has 0 fully saturated rings. The number of alkyl halides is 3. The molecular weight excluding hydrogens is 549 g/mol. The van der Waals surface area contributed by atoms with Gasteiger partial charge < -0.3 is 4.74 Å². The molecule has 3 aromatic carbocycles. The number of hydrogen-bond donors (Lipinski definition) is 1. The largest absolute Gasteiger partial charge is 0.487 e. The topological polar surface area (TPSA) is 86.1 Å². The van der Waals surface area contributed by atoms with Gasteiger partial charge in [-0.05, 0) is 53.4 Å². The van der Waals surface area contributed by atoms with Gasteiger partial charge >= 0.3 is 6.18 Å². The van der Waals surface area contributed by atoms with Crippen LogP contribution >= 0.6 is 11.3 Å². The smallest absolute Gasteiger partial charge is 0.416 e. The first-order valence-electron chi connectivity index (χ1n) is 11.6. The molecule has 0 aliphatic heterocycles. The van der Waals surface area contributed by atoms with E-state index in [4.69, 9.17) is 4.74 Å². The van der Waals surface area contributed by atoms with E-state index < -0.39 is 21.8 Å². The molecule has 1 N–H and O–H groups in total. The average molecular weight is 571 g/mol. The maximum Gasteiger partial charge on any atom is 0.416 e. The fraction of sp³-hybridized carbons (Fsp3) is 0.111. The van der Waals surface area contributed by atoms with Crippen molar-refractivity contribution < 1.29 is 26.3 Å². The molecule has 0 unspecified atom stereocenters. The van der Waals surface area contributed by atoms with Gasteiger partial charge in [0.2, 0.25) is 0 Å². The van der Waals surface area contributed by atoms with Gasteiger partial charge in [0, 0.05) is 15.6 Å². The summed E-state index contributed by atoms with van der Waals surface area (Å²) in [4.78, 5) is 1.15. The standard InChI is InChI=1S/C27H21F3N4O3S2/c28-27(29,30)21-7-3-5-19(13-21)11-12-39(35,36)32-22-8-4-9-24(15-22)37-18-23-16-34(33-31-23)17-25-14-20-6-1-2-10-26(20)38-25/h1-16,32H,17-18H2/b12-11+. The van der Waals surface area contributed by atoms with E-state index in [1.807, 2.05) is 12.1 Å². The quantitative estimate of drug-likeness (QED) is 0.217. The van der Waals surface area contributed by atoms with Crippen molar-refractivity contribution in [2.24, 2.45) is 0 Å². The van der Waals surface area contributed by atoms with Crippen molar-refractivity contribution in [2.75, 3.05) is 4.72 Å². The van der Waals surface area contributed by atoms with Crippen LogP contribution in [0.5, 0.6) is 5.75 Å². The number of anilines is 1. The van der Waals surface area contributed by atoms with Gasteiger partial charge in [-0.15, -0.1) is 16.4 Å². The Morgan fingerprint density at radius 1 is 1.00 bits per heavy atom. The highest BCUT2D eigenvalue weighted by molar-refractivity contribution is 7.95. The summed E-state index contributed by atoms with van der Waals surface area (Å²) < 4.78 is 74.7. The van der Waals surface area contributed by atoms with Crippen LogP contribution < -0.4 is 9.46 Å². The number of hydrogen-bond acceptors (Lipinski definition) is 6. The summed E-state index contributed by atoms with van der Waals surface area (Å²) in [5.74, 6) is 0.399. The number of nitrogens with one attached hydrogen (secondary N) is 1. The predicted octanol–water partition coefficient (Wildman–Crippen LogP) is 6.55. The molecule has 0 bridgehead atoms. The Kier molecular flexibility index (Phi) is 7.40. The number of sulfonamides is 1. The number of benzene rings is 3. The van der Waals surface area contributed by atoms with Crippen molar-refractivity contribution in [1.29, 1.82) is 0 Å². The molecule has 12 heteroatoms. The second-order valence-electron chi connectivity index (χ2n) is 8.55. The first-order chi connectivity index (χ1) is 18.6. The van der Waals surface area contributed by atoms with Crippen LogP contribution in [0.25, 0.3) is 16.2 Å². The van der Waals surface area contributed by atoms with E-state index in [0.29, 0.717) is 18.0 Å². The summed E-state index contributed by atoms with van der Waals surface area (Å²) in [6.45, 7) is 0.704. The molecule has 39 heavy (non-hydrogen) atoms. The number of thiophene rings is 1. The number of halogens is 3. The van der Waals surface area contributed by atoms with Crippen LogP contribution in [0.4, 0.5) is 18.9 Å². The number of rotatable bonds is 9. The Morgan fingerprint density at radius 2 is 1.82 bits per heavy atom. The molecule has 0 saturated heterocycles. The van der Waals surface area contributed by atoms with Crippen molar-refractivity contribution in [2.45, 2.75) is 19.3 Å². The molecule has 2 heterocycles. The lowest BCUT2D eigenvalue weighted by atomic mass is 10.1. The fourth-order valence-electron chi connectivity index (χ4n) is 3.75. The summed E-state index contributed by atoms with van der Waals surface area (Å²) >= 11 is 1.70. The number of aromatic nitrogens is 3. The Morgan fingerprint density at radius 3 is 2.64 bits per heavy atom. The lowest BCUT2D eigenvalue weighted by Crippen LogP contribution is -2.09. The van der Waals surface area contributed by atoms with Crippen LogP contribution in [0.3, 0.4) is 0 Å². The molecule has 0 aliphatic carbocycles. The van der Waals surface area contributed by atoms with Gasteiger partial charge in [-0.1, -0.05) is 41.6 Å². The van der Waals surface area contributed by atoms with Crippen molar-refractivity contribution >= 4 is 43.2 Å². The van der Waals surface area contributed by atoms with Crippen molar-refractivity contribution in [3.8, 4) is 5.75 Å². The second kappa shape index (κ2) is 10.9. The normalized spacial score (nSPS) is 12.3.